The predicted molar refractivity (Wildman–Crippen MR) is 159 cm³/mol. The van der Waals surface area contributed by atoms with Crippen molar-refractivity contribution >= 4 is 23.7 Å². The van der Waals surface area contributed by atoms with Gasteiger partial charge in [0.1, 0.15) is 11.4 Å². The van der Waals surface area contributed by atoms with Gasteiger partial charge in [0.05, 0.1) is 11.6 Å². The van der Waals surface area contributed by atoms with E-state index in [0.717, 1.165) is 49.7 Å². The molecule has 1 fully saturated rings. The lowest BCUT2D eigenvalue weighted by Gasteiger charge is -2.47. The molecule has 0 unspecified atom stereocenters. The Labute approximate surface area is 234 Å². The number of carbonyl (C=O) groups excluding carboxylic acids is 1. The largest absolute Gasteiger partial charge is 0.478 e. The smallest absolute Gasteiger partial charge is 0.335 e. The van der Waals surface area contributed by atoms with E-state index in [2.05, 4.69) is 46.4 Å². The van der Waals surface area contributed by atoms with Crippen molar-refractivity contribution in [3.63, 3.8) is 0 Å². The summed E-state index contributed by atoms with van der Waals surface area (Å²) in [5.41, 5.74) is 2.50. The number of aliphatic imine (C=N–C) groups is 1. The molecule has 2 aromatic carbocycles. The minimum absolute atomic E-state index is 0.0300. The molecule has 1 aliphatic carbocycles. The highest BCUT2D eigenvalue weighted by atomic mass is 16.4. The summed E-state index contributed by atoms with van der Waals surface area (Å²) in [4.78, 5) is 33.1. The standard InChI is InChI=1S/C34H44N2O3/c1-32(2,3)21-20-29(25-13-15-26(16-14-25)31(38)39)36-30(37)28(17-12-24-10-8-7-9-11-24)35-34(36)22-18-27(19-23-34)33(4,5)6/h7-17,27,29H,18-23H2,1-6H3,(H,38,39)/b17-12+/t27?,29-,34?/m1/s1. The molecule has 1 atom stereocenters. The van der Waals surface area contributed by atoms with E-state index >= 15 is 0 Å². The molecule has 0 saturated heterocycles. The van der Waals surface area contributed by atoms with Crippen molar-refractivity contribution in [2.45, 2.75) is 91.8 Å². The Morgan fingerprint density at radius 1 is 1.00 bits per heavy atom. The van der Waals surface area contributed by atoms with Crippen LogP contribution in [0.2, 0.25) is 0 Å². The van der Waals surface area contributed by atoms with E-state index in [1.807, 2.05) is 54.6 Å². The normalized spacial score (nSPS) is 22.9. The van der Waals surface area contributed by atoms with E-state index < -0.39 is 11.6 Å². The fourth-order valence-corrected chi connectivity index (χ4v) is 6.08. The molecule has 5 nitrogen and oxygen atoms in total. The second-order valence-corrected chi connectivity index (χ2v) is 13.6. The molecule has 0 bridgehead atoms. The van der Waals surface area contributed by atoms with E-state index in [4.69, 9.17) is 4.99 Å². The van der Waals surface area contributed by atoms with Crippen molar-refractivity contribution in [1.29, 1.82) is 0 Å². The van der Waals surface area contributed by atoms with Crippen LogP contribution in [-0.4, -0.2) is 33.3 Å². The first-order valence-corrected chi connectivity index (χ1v) is 14.3. The lowest BCUT2D eigenvalue weighted by molar-refractivity contribution is -0.134. The molecule has 0 aromatic heterocycles. The Hall–Kier alpha value is -3.21. The molecule has 208 valence electrons. The van der Waals surface area contributed by atoms with Crippen LogP contribution < -0.4 is 0 Å². The second kappa shape index (κ2) is 11.1. The zero-order valence-electron chi connectivity index (χ0n) is 24.4. The highest BCUT2D eigenvalue weighted by Gasteiger charge is 2.52. The number of carboxylic acids is 1. The average Bonchev–Trinajstić information content (AvgIpc) is 3.13. The van der Waals surface area contributed by atoms with Crippen molar-refractivity contribution in [3.05, 3.63) is 77.4 Å². The predicted octanol–water partition coefficient (Wildman–Crippen LogP) is 8.18. The van der Waals surface area contributed by atoms with E-state index in [1.54, 1.807) is 12.1 Å². The first kappa shape index (κ1) is 28.8. The van der Waals surface area contributed by atoms with E-state index in [0.29, 0.717) is 11.6 Å². The molecule has 2 aromatic rings. The van der Waals surface area contributed by atoms with Gasteiger partial charge in [0.25, 0.3) is 5.91 Å². The van der Waals surface area contributed by atoms with Crippen LogP contribution in [0.4, 0.5) is 0 Å². The summed E-state index contributed by atoms with van der Waals surface area (Å²) in [6.45, 7) is 13.6. The van der Waals surface area contributed by atoms with Crippen molar-refractivity contribution in [2.24, 2.45) is 21.7 Å². The van der Waals surface area contributed by atoms with E-state index in [-0.39, 0.29) is 28.3 Å². The van der Waals surface area contributed by atoms with Gasteiger partial charge >= 0.3 is 5.97 Å². The molecule has 1 saturated carbocycles. The number of aromatic carboxylic acids is 1. The molecule has 1 N–H and O–H groups in total. The summed E-state index contributed by atoms with van der Waals surface area (Å²) >= 11 is 0. The van der Waals surface area contributed by atoms with Gasteiger partial charge in [0, 0.05) is 0 Å². The van der Waals surface area contributed by atoms with Crippen molar-refractivity contribution in [3.8, 4) is 0 Å². The Kier molecular flexibility index (Phi) is 8.20. The fraction of sp³-hybridized carbons (Fsp3) is 0.500. The van der Waals surface area contributed by atoms with Gasteiger partial charge in [-0.2, -0.15) is 0 Å². The molecule has 1 heterocycles. The molecule has 0 radical (unpaired) electrons. The number of carboxylic acid groups (broad SMARTS) is 1. The molecule has 5 heteroatoms. The topological polar surface area (TPSA) is 70.0 Å². The Bertz CT molecular complexity index is 1220. The van der Waals surface area contributed by atoms with Gasteiger partial charge in [-0.3, -0.25) is 9.79 Å². The van der Waals surface area contributed by atoms with Crippen LogP contribution in [0.3, 0.4) is 0 Å². The first-order chi connectivity index (χ1) is 18.3. The number of carbonyl (C=O) groups is 2. The van der Waals surface area contributed by atoms with Crippen LogP contribution in [0, 0.1) is 16.7 Å². The number of nitrogens with zero attached hydrogens (tertiary/aromatic N) is 2. The third kappa shape index (κ3) is 6.69. The van der Waals surface area contributed by atoms with Crippen molar-refractivity contribution in [1.82, 2.24) is 4.90 Å². The quantitative estimate of drug-likeness (QED) is 0.394. The van der Waals surface area contributed by atoms with Crippen LogP contribution in [0.5, 0.6) is 0 Å². The summed E-state index contributed by atoms with van der Waals surface area (Å²) in [5.74, 6) is -0.390. The summed E-state index contributed by atoms with van der Waals surface area (Å²) in [5, 5.41) is 9.46. The first-order valence-electron chi connectivity index (χ1n) is 14.3. The highest BCUT2D eigenvalue weighted by molar-refractivity contribution is 6.45. The van der Waals surface area contributed by atoms with Gasteiger partial charge in [-0.15, -0.1) is 0 Å². The SMILES string of the molecule is CC(C)(C)CC[C@H](c1ccc(C(=O)O)cc1)N1C(=O)C(/C=C/c2ccccc2)=NC12CCC(C(C)(C)C)CC2. The number of benzene rings is 2. The lowest BCUT2D eigenvalue weighted by Crippen LogP contribution is -2.51. The number of hydrogen-bond donors (Lipinski definition) is 1. The van der Waals surface area contributed by atoms with Gasteiger partial charge in [0.2, 0.25) is 0 Å². The number of rotatable bonds is 7. The Balaban J connectivity index is 1.75. The molecule has 4 rings (SSSR count). The molecule has 39 heavy (non-hydrogen) atoms. The lowest BCUT2D eigenvalue weighted by atomic mass is 9.69. The van der Waals surface area contributed by atoms with Crippen molar-refractivity contribution < 1.29 is 14.7 Å². The maximum absolute atomic E-state index is 14.2. The minimum Gasteiger partial charge on any atom is -0.478 e. The Morgan fingerprint density at radius 2 is 1.62 bits per heavy atom. The third-order valence-electron chi connectivity index (χ3n) is 8.48. The molecular formula is C34H44N2O3. The molecule has 1 aliphatic heterocycles. The van der Waals surface area contributed by atoms with Crippen LogP contribution in [0.25, 0.3) is 6.08 Å². The minimum atomic E-state index is -0.946. The van der Waals surface area contributed by atoms with Crippen LogP contribution in [0.1, 0.15) is 108 Å². The zero-order chi connectivity index (χ0) is 28.4. The molecule has 1 amide bonds. The van der Waals surface area contributed by atoms with Gasteiger partial charge in [-0.1, -0.05) is 90.1 Å². The van der Waals surface area contributed by atoms with Crippen LogP contribution in [0.15, 0.2) is 65.7 Å². The van der Waals surface area contributed by atoms with Crippen LogP contribution >= 0.6 is 0 Å². The summed E-state index contributed by atoms with van der Waals surface area (Å²) in [6.07, 6.45) is 9.29. The van der Waals surface area contributed by atoms with E-state index in [1.165, 1.54) is 0 Å². The van der Waals surface area contributed by atoms with Gasteiger partial charge in [0.15, 0.2) is 0 Å². The second-order valence-electron chi connectivity index (χ2n) is 13.6. The van der Waals surface area contributed by atoms with Crippen molar-refractivity contribution in [2.75, 3.05) is 0 Å². The molecular weight excluding hydrogens is 484 g/mol. The molecule has 1 spiro atoms. The summed E-state index contributed by atoms with van der Waals surface area (Å²) in [7, 11) is 0. The highest BCUT2D eigenvalue weighted by Crippen LogP contribution is 2.50. The summed E-state index contributed by atoms with van der Waals surface area (Å²) in [6, 6.07) is 16.9. The third-order valence-corrected chi connectivity index (χ3v) is 8.48. The number of hydrogen-bond acceptors (Lipinski definition) is 3. The maximum atomic E-state index is 14.2. The van der Waals surface area contributed by atoms with Gasteiger partial charge in [-0.25, -0.2) is 4.79 Å². The van der Waals surface area contributed by atoms with E-state index in [9.17, 15) is 14.7 Å². The fourth-order valence-electron chi connectivity index (χ4n) is 6.08. The average molecular weight is 529 g/mol. The molecule has 2 aliphatic rings. The van der Waals surface area contributed by atoms with Gasteiger partial charge < -0.3 is 10.0 Å². The van der Waals surface area contributed by atoms with Crippen LogP contribution in [-0.2, 0) is 4.79 Å². The summed E-state index contributed by atoms with van der Waals surface area (Å²) < 4.78 is 0. The zero-order valence-corrected chi connectivity index (χ0v) is 24.4. The Morgan fingerprint density at radius 3 is 2.15 bits per heavy atom. The number of amides is 1. The van der Waals surface area contributed by atoms with Gasteiger partial charge in [-0.05, 0) is 84.6 Å². The monoisotopic (exact) mass is 528 g/mol. The maximum Gasteiger partial charge on any atom is 0.335 e.